The third kappa shape index (κ3) is 7.12. The van der Waals surface area contributed by atoms with E-state index in [-0.39, 0.29) is 5.25 Å². The van der Waals surface area contributed by atoms with Gasteiger partial charge in [0, 0.05) is 4.91 Å². The van der Waals surface area contributed by atoms with Crippen LogP contribution in [0.15, 0.2) is 45.6 Å². The van der Waals surface area contributed by atoms with Gasteiger partial charge in [0.1, 0.15) is 0 Å². The minimum absolute atomic E-state index is 0.0104. The van der Waals surface area contributed by atoms with Crippen molar-refractivity contribution in [2.24, 2.45) is 5.92 Å². The van der Waals surface area contributed by atoms with Crippen molar-refractivity contribution >= 4 is 23.5 Å². The molecule has 0 N–H and O–H groups in total. The number of hydrogen-bond donors (Lipinski definition) is 0. The maximum absolute atomic E-state index is 5.61. The molecule has 110 valence electrons. The third-order valence-corrected chi connectivity index (χ3v) is 5.19. The van der Waals surface area contributed by atoms with Crippen LogP contribution in [0.1, 0.15) is 41.0 Å². The fraction of sp³-hybridized carbons (Fsp3) is 0.444. The van der Waals surface area contributed by atoms with Gasteiger partial charge in [0.15, 0.2) is 0 Å². The standard InChI is InChI=1S/C18H26S2/c1-9-11-19-17(10-2)16(8)20-18(12-13(3)4)15(7)14(5)6/h2,9,11,13,17H,5,8,12H2,1,3-4,6-7H3/b11-9-,18-15+. The first-order valence-electron chi connectivity index (χ1n) is 6.78. The van der Waals surface area contributed by atoms with E-state index in [9.17, 15) is 0 Å². The van der Waals surface area contributed by atoms with Crippen molar-refractivity contribution in [3.05, 3.63) is 45.6 Å². The summed E-state index contributed by atoms with van der Waals surface area (Å²) in [5.74, 6) is 3.41. The minimum atomic E-state index is 0.0104. The zero-order valence-electron chi connectivity index (χ0n) is 13.3. The van der Waals surface area contributed by atoms with Gasteiger partial charge in [-0.3, -0.25) is 0 Å². The Bertz CT molecular complexity index is 445. The molecular formula is C18H26S2. The highest BCUT2D eigenvalue weighted by Gasteiger charge is 2.14. The van der Waals surface area contributed by atoms with Crippen molar-refractivity contribution in [3.63, 3.8) is 0 Å². The van der Waals surface area contributed by atoms with Gasteiger partial charge in [-0.25, -0.2) is 0 Å². The summed E-state index contributed by atoms with van der Waals surface area (Å²) in [5, 5.41) is 2.03. The maximum atomic E-state index is 5.61. The average Bonchev–Trinajstić information content (AvgIpc) is 2.37. The average molecular weight is 307 g/mol. The second kappa shape index (κ2) is 10.0. The van der Waals surface area contributed by atoms with Gasteiger partial charge in [-0.1, -0.05) is 56.3 Å². The first-order valence-corrected chi connectivity index (χ1v) is 8.54. The Labute approximate surface area is 133 Å². The Morgan fingerprint density at radius 1 is 1.30 bits per heavy atom. The molecule has 0 fully saturated rings. The number of hydrogen-bond acceptors (Lipinski definition) is 2. The van der Waals surface area contributed by atoms with Gasteiger partial charge in [0.05, 0.1) is 5.25 Å². The molecule has 0 nitrogen and oxygen atoms in total. The summed E-state index contributed by atoms with van der Waals surface area (Å²) >= 11 is 3.35. The normalized spacial score (nSPS) is 14.1. The zero-order chi connectivity index (χ0) is 15.7. The Kier molecular flexibility index (Phi) is 9.63. The van der Waals surface area contributed by atoms with Crippen molar-refractivity contribution < 1.29 is 0 Å². The molecule has 20 heavy (non-hydrogen) atoms. The van der Waals surface area contributed by atoms with Gasteiger partial charge in [0.2, 0.25) is 0 Å². The second-order valence-electron chi connectivity index (χ2n) is 5.15. The molecule has 0 aliphatic heterocycles. The van der Waals surface area contributed by atoms with Gasteiger partial charge < -0.3 is 0 Å². The van der Waals surface area contributed by atoms with Crippen LogP contribution in [-0.2, 0) is 0 Å². The molecule has 0 saturated heterocycles. The van der Waals surface area contributed by atoms with E-state index in [2.05, 4.69) is 39.8 Å². The molecule has 1 atom stereocenters. The fourth-order valence-corrected chi connectivity index (χ4v) is 3.55. The van der Waals surface area contributed by atoms with Crippen LogP contribution >= 0.6 is 23.5 Å². The highest BCUT2D eigenvalue weighted by Crippen LogP contribution is 2.38. The predicted octanol–water partition coefficient (Wildman–Crippen LogP) is 6.40. The van der Waals surface area contributed by atoms with Crippen molar-refractivity contribution in [2.45, 2.75) is 46.3 Å². The van der Waals surface area contributed by atoms with Crippen molar-refractivity contribution in [1.82, 2.24) is 0 Å². The van der Waals surface area contributed by atoms with E-state index in [0.29, 0.717) is 5.92 Å². The molecule has 0 aromatic heterocycles. The SMILES string of the molecule is C#CC(S/C=C\C)C(=C)S/C(CC(C)C)=C(\C)C(=C)C. The molecule has 0 aliphatic carbocycles. The lowest BCUT2D eigenvalue weighted by Crippen LogP contribution is -2.01. The molecular weight excluding hydrogens is 280 g/mol. The van der Waals surface area contributed by atoms with Crippen LogP contribution in [0.5, 0.6) is 0 Å². The third-order valence-electron chi connectivity index (χ3n) is 2.70. The molecule has 0 amide bonds. The molecule has 0 bridgehead atoms. The van der Waals surface area contributed by atoms with Crippen LogP contribution in [0.3, 0.4) is 0 Å². The van der Waals surface area contributed by atoms with E-state index in [1.54, 1.807) is 23.5 Å². The highest BCUT2D eigenvalue weighted by molar-refractivity contribution is 8.09. The van der Waals surface area contributed by atoms with Gasteiger partial charge >= 0.3 is 0 Å². The topological polar surface area (TPSA) is 0 Å². The summed E-state index contributed by atoms with van der Waals surface area (Å²) in [6.45, 7) is 18.8. The number of terminal acetylenes is 1. The summed E-state index contributed by atoms with van der Waals surface area (Å²) in [5.41, 5.74) is 2.37. The molecule has 0 heterocycles. The molecule has 0 aliphatic rings. The number of thioether (sulfide) groups is 2. The molecule has 0 rings (SSSR count). The van der Waals surface area contributed by atoms with Gasteiger partial charge in [-0.15, -0.1) is 18.2 Å². The summed E-state index contributed by atoms with van der Waals surface area (Å²) in [7, 11) is 0. The minimum Gasteiger partial charge on any atom is -0.119 e. The summed E-state index contributed by atoms with van der Waals surface area (Å²) < 4.78 is 0. The first-order chi connectivity index (χ1) is 9.33. The van der Waals surface area contributed by atoms with Gasteiger partial charge in [-0.2, -0.15) is 0 Å². The quantitative estimate of drug-likeness (QED) is 0.376. The molecule has 2 heteroatoms. The lowest BCUT2D eigenvalue weighted by molar-refractivity contribution is 0.656. The highest BCUT2D eigenvalue weighted by atomic mass is 32.2. The van der Waals surface area contributed by atoms with Crippen molar-refractivity contribution in [3.8, 4) is 12.3 Å². The van der Waals surface area contributed by atoms with Crippen LogP contribution in [0.25, 0.3) is 0 Å². The van der Waals surface area contributed by atoms with Crippen molar-refractivity contribution in [1.29, 1.82) is 0 Å². The van der Waals surface area contributed by atoms with E-state index < -0.39 is 0 Å². The Morgan fingerprint density at radius 3 is 2.30 bits per heavy atom. The van der Waals surface area contributed by atoms with E-state index in [4.69, 9.17) is 6.42 Å². The van der Waals surface area contributed by atoms with Crippen molar-refractivity contribution in [2.75, 3.05) is 0 Å². The molecule has 0 spiro atoms. The van der Waals surface area contributed by atoms with E-state index >= 15 is 0 Å². The van der Waals surface area contributed by atoms with Crippen LogP contribution in [0.4, 0.5) is 0 Å². The van der Waals surface area contributed by atoms with Crippen LogP contribution in [0, 0.1) is 18.3 Å². The van der Waals surface area contributed by atoms with Gasteiger partial charge in [0.25, 0.3) is 0 Å². The maximum Gasteiger partial charge on any atom is 0.0999 e. The van der Waals surface area contributed by atoms with E-state index in [1.165, 1.54) is 10.5 Å². The molecule has 0 aromatic rings. The fourth-order valence-electron chi connectivity index (χ4n) is 1.46. The van der Waals surface area contributed by atoms with E-state index in [1.807, 2.05) is 25.3 Å². The molecule has 0 radical (unpaired) electrons. The second-order valence-corrected chi connectivity index (χ2v) is 7.38. The molecule has 1 unspecified atom stereocenters. The lowest BCUT2D eigenvalue weighted by atomic mass is 10.0. The van der Waals surface area contributed by atoms with E-state index in [0.717, 1.165) is 16.9 Å². The predicted molar refractivity (Wildman–Crippen MR) is 98.7 cm³/mol. The molecule has 0 aromatic carbocycles. The first kappa shape index (κ1) is 19.2. The monoisotopic (exact) mass is 306 g/mol. The van der Waals surface area contributed by atoms with Crippen LogP contribution in [0.2, 0.25) is 0 Å². The summed E-state index contributed by atoms with van der Waals surface area (Å²) in [6.07, 6.45) is 8.65. The van der Waals surface area contributed by atoms with Gasteiger partial charge in [-0.05, 0) is 49.0 Å². The Balaban J connectivity index is 5.08. The van der Waals surface area contributed by atoms with Crippen LogP contribution < -0.4 is 0 Å². The summed E-state index contributed by atoms with van der Waals surface area (Å²) in [6, 6.07) is 0. The Morgan fingerprint density at radius 2 is 1.90 bits per heavy atom. The Hall–Kier alpha value is -0.780. The zero-order valence-corrected chi connectivity index (χ0v) is 15.0. The summed E-state index contributed by atoms with van der Waals surface area (Å²) in [4.78, 5) is 2.35. The van der Waals surface area contributed by atoms with Crippen LogP contribution in [-0.4, -0.2) is 5.25 Å². The largest absolute Gasteiger partial charge is 0.119 e. The number of allylic oxidation sites excluding steroid dienone is 4. The lowest BCUT2D eigenvalue weighted by Gasteiger charge is -2.18. The smallest absolute Gasteiger partial charge is 0.0999 e. The molecule has 0 saturated carbocycles. The number of rotatable bonds is 8.